The lowest BCUT2D eigenvalue weighted by molar-refractivity contribution is -0.122. The van der Waals surface area contributed by atoms with Crippen LogP contribution in [0.3, 0.4) is 0 Å². The van der Waals surface area contributed by atoms with Gasteiger partial charge in [-0.25, -0.2) is 0 Å². The molecule has 6 heteroatoms. The molecular formula is C19H20N2OS3. The maximum atomic E-state index is 12.5. The van der Waals surface area contributed by atoms with Gasteiger partial charge in [0.05, 0.1) is 12.6 Å². The van der Waals surface area contributed by atoms with Gasteiger partial charge in [0.25, 0.3) is 0 Å². The minimum absolute atomic E-state index is 0.122. The van der Waals surface area contributed by atoms with Gasteiger partial charge in [0.1, 0.15) is 0 Å². The molecule has 0 saturated heterocycles. The predicted octanol–water partition coefficient (Wildman–Crippen LogP) is 4.18. The number of hydrogen-bond acceptors (Lipinski definition) is 5. The van der Waals surface area contributed by atoms with Crippen molar-refractivity contribution in [3.8, 4) is 0 Å². The summed E-state index contributed by atoms with van der Waals surface area (Å²) in [6.07, 6.45) is 1.95. The lowest BCUT2D eigenvalue weighted by atomic mass is 9.98. The third-order valence-electron chi connectivity index (χ3n) is 4.50. The lowest BCUT2D eigenvalue weighted by Gasteiger charge is -2.34. The predicted molar refractivity (Wildman–Crippen MR) is 107 cm³/mol. The highest BCUT2D eigenvalue weighted by Gasteiger charge is 2.31. The molecule has 1 aliphatic rings. The minimum Gasteiger partial charge on any atom is -0.355 e. The summed E-state index contributed by atoms with van der Waals surface area (Å²) in [7, 11) is 0. The van der Waals surface area contributed by atoms with Crippen molar-refractivity contribution in [2.24, 2.45) is 0 Å². The Labute approximate surface area is 159 Å². The molecule has 0 fully saturated rings. The number of carbonyl (C=O) groups excluding carboxylic acids is 1. The standard InChI is InChI=1S/C19H20N2OS3/c22-18(20-8-5-14-3-1-10-23-14)13-21-9-6-16-15(7-12-25-16)19(21)17-4-2-11-24-17/h1-4,7,10-12,19H,5-6,8-9,13H2,(H,20,22)/t19-/m1/s1. The SMILES string of the molecule is O=C(CN1CCc2sccc2[C@@H]1c1cccs1)NCCc1cccs1. The summed E-state index contributed by atoms with van der Waals surface area (Å²) in [5, 5.41) is 9.46. The second-order valence-corrected chi connectivity index (χ2v) is 9.13. The van der Waals surface area contributed by atoms with Crippen molar-refractivity contribution in [1.82, 2.24) is 10.2 Å². The Morgan fingerprint density at radius 1 is 1.12 bits per heavy atom. The van der Waals surface area contributed by atoms with Crippen molar-refractivity contribution in [2.75, 3.05) is 19.6 Å². The minimum atomic E-state index is 0.122. The molecule has 0 aromatic carbocycles. The summed E-state index contributed by atoms with van der Waals surface area (Å²) in [5.41, 5.74) is 1.38. The number of nitrogens with one attached hydrogen (secondary N) is 1. The number of fused-ring (bicyclic) bond motifs is 1. The Kier molecular flexibility index (Phi) is 5.31. The molecule has 0 saturated carbocycles. The molecule has 130 valence electrons. The van der Waals surface area contributed by atoms with Gasteiger partial charge in [0.2, 0.25) is 5.91 Å². The van der Waals surface area contributed by atoms with E-state index in [0.29, 0.717) is 13.1 Å². The first-order valence-electron chi connectivity index (χ1n) is 8.44. The van der Waals surface area contributed by atoms with Gasteiger partial charge in [-0.1, -0.05) is 12.1 Å². The van der Waals surface area contributed by atoms with Crippen molar-refractivity contribution < 1.29 is 4.79 Å². The van der Waals surface area contributed by atoms with Crippen LogP contribution >= 0.6 is 34.0 Å². The van der Waals surface area contributed by atoms with Crippen LogP contribution in [-0.4, -0.2) is 30.4 Å². The zero-order valence-electron chi connectivity index (χ0n) is 13.8. The van der Waals surface area contributed by atoms with Crippen LogP contribution in [0.25, 0.3) is 0 Å². The summed E-state index contributed by atoms with van der Waals surface area (Å²) in [6.45, 7) is 2.11. The van der Waals surface area contributed by atoms with Gasteiger partial charge in [0.15, 0.2) is 0 Å². The second-order valence-electron chi connectivity index (χ2n) is 6.12. The van der Waals surface area contributed by atoms with Crippen molar-refractivity contribution in [1.29, 1.82) is 0 Å². The van der Waals surface area contributed by atoms with E-state index in [1.165, 1.54) is 20.2 Å². The topological polar surface area (TPSA) is 32.3 Å². The number of amides is 1. The monoisotopic (exact) mass is 388 g/mol. The van der Waals surface area contributed by atoms with E-state index in [-0.39, 0.29) is 11.9 Å². The maximum Gasteiger partial charge on any atom is 0.234 e. The van der Waals surface area contributed by atoms with E-state index >= 15 is 0 Å². The van der Waals surface area contributed by atoms with Gasteiger partial charge in [0, 0.05) is 27.7 Å². The fourth-order valence-electron chi connectivity index (χ4n) is 3.34. The summed E-state index contributed by atoms with van der Waals surface area (Å²) < 4.78 is 0. The van der Waals surface area contributed by atoms with E-state index in [1.807, 2.05) is 11.3 Å². The molecule has 3 nitrogen and oxygen atoms in total. The molecular weight excluding hydrogens is 368 g/mol. The first-order chi connectivity index (χ1) is 12.3. The highest BCUT2D eigenvalue weighted by molar-refractivity contribution is 7.10. The highest BCUT2D eigenvalue weighted by Crippen LogP contribution is 2.39. The van der Waals surface area contributed by atoms with Gasteiger partial charge in [-0.3, -0.25) is 9.69 Å². The Morgan fingerprint density at radius 2 is 2.00 bits per heavy atom. The first kappa shape index (κ1) is 17.0. The van der Waals surface area contributed by atoms with Crippen LogP contribution in [-0.2, 0) is 17.6 Å². The zero-order chi connectivity index (χ0) is 17.1. The molecule has 1 N–H and O–H groups in total. The smallest absolute Gasteiger partial charge is 0.234 e. The van der Waals surface area contributed by atoms with E-state index in [4.69, 9.17) is 0 Å². The largest absolute Gasteiger partial charge is 0.355 e. The van der Waals surface area contributed by atoms with Crippen molar-refractivity contribution >= 4 is 39.9 Å². The summed E-state index contributed by atoms with van der Waals surface area (Å²) in [5.74, 6) is 0.122. The molecule has 3 aromatic rings. The Hall–Kier alpha value is -1.47. The molecule has 4 heterocycles. The molecule has 25 heavy (non-hydrogen) atoms. The van der Waals surface area contributed by atoms with Gasteiger partial charge in [-0.15, -0.1) is 34.0 Å². The van der Waals surface area contributed by atoms with E-state index < -0.39 is 0 Å². The average molecular weight is 389 g/mol. The van der Waals surface area contributed by atoms with Crippen molar-refractivity contribution in [3.63, 3.8) is 0 Å². The number of carbonyl (C=O) groups is 1. The van der Waals surface area contributed by atoms with Crippen LogP contribution in [0.4, 0.5) is 0 Å². The molecule has 1 aliphatic heterocycles. The fraction of sp³-hybridized carbons (Fsp3) is 0.316. The van der Waals surface area contributed by atoms with E-state index in [0.717, 1.165) is 19.4 Å². The van der Waals surface area contributed by atoms with Crippen LogP contribution in [0.5, 0.6) is 0 Å². The molecule has 3 aromatic heterocycles. The number of hydrogen-bond donors (Lipinski definition) is 1. The van der Waals surface area contributed by atoms with Crippen molar-refractivity contribution in [3.05, 3.63) is 66.7 Å². The Bertz CT molecular complexity index is 808. The number of nitrogens with zero attached hydrogens (tertiary/aromatic N) is 1. The number of rotatable bonds is 6. The zero-order valence-corrected chi connectivity index (χ0v) is 16.3. The van der Waals surface area contributed by atoms with Crippen molar-refractivity contribution in [2.45, 2.75) is 18.9 Å². The maximum absolute atomic E-state index is 12.5. The second kappa shape index (κ2) is 7.83. The molecule has 0 unspecified atom stereocenters. The highest BCUT2D eigenvalue weighted by atomic mass is 32.1. The van der Waals surface area contributed by atoms with Crippen LogP contribution in [0.1, 0.15) is 26.2 Å². The average Bonchev–Trinajstić information content (AvgIpc) is 3.37. The van der Waals surface area contributed by atoms with Gasteiger partial charge in [-0.05, 0) is 52.7 Å². The van der Waals surface area contributed by atoms with Crippen LogP contribution < -0.4 is 5.32 Å². The van der Waals surface area contributed by atoms with E-state index in [1.54, 1.807) is 22.7 Å². The Balaban J connectivity index is 1.41. The lowest BCUT2D eigenvalue weighted by Crippen LogP contribution is -2.42. The quantitative estimate of drug-likeness (QED) is 0.687. The first-order valence-corrected chi connectivity index (χ1v) is 11.1. The van der Waals surface area contributed by atoms with E-state index in [9.17, 15) is 4.79 Å². The molecule has 0 bridgehead atoms. The third kappa shape index (κ3) is 3.87. The molecule has 1 amide bonds. The molecule has 0 aliphatic carbocycles. The molecule has 0 spiro atoms. The fourth-order valence-corrected chi connectivity index (χ4v) is 5.83. The van der Waals surface area contributed by atoms with Crippen LogP contribution in [0, 0.1) is 0 Å². The number of thiophene rings is 3. The summed E-state index contributed by atoms with van der Waals surface area (Å²) in [6, 6.07) is 10.9. The van der Waals surface area contributed by atoms with Gasteiger partial charge in [-0.2, -0.15) is 0 Å². The third-order valence-corrected chi connectivity index (χ3v) is 7.36. The molecule has 4 rings (SSSR count). The molecule has 1 atom stereocenters. The normalized spacial score (nSPS) is 17.4. The summed E-state index contributed by atoms with van der Waals surface area (Å²) in [4.78, 5) is 18.9. The van der Waals surface area contributed by atoms with Crippen LogP contribution in [0.15, 0.2) is 46.5 Å². The summed E-state index contributed by atoms with van der Waals surface area (Å²) >= 11 is 5.36. The molecule has 0 radical (unpaired) electrons. The van der Waals surface area contributed by atoms with Gasteiger partial charge >= 0.3 is 0 Å². The van der Waals surface area contributed by atoms with Gasteiger partial charge < -0.3 is 5.32 Å². The Morgan fingerprint density at radius 3 is 2.80 bits per heavy atom. The van der Waals surface area contributed by atoms with Crippen LogP contribution in [0.2, 0.25) is 0 Å². The van der Waals surface area contributed by atoms with E-state index in [2.05, 4.69) is 56.7 Å².